The van der Waals surface area contributed by atoms with E-state index in [1.165, 1.54) is 36.6 Å². The highest BCUT2D eigenvalue weighted by Crippen LogP contribution is 2.50. The van der Waals surface area contributed by atoms with Crippen LogP contribution in [0.5, 0.6) is 5.75 Å². The molecule has 0 aliphatic heterocycles. The molecular weight excluding hydrogens is 499 g/mol. The maximum absolute atomic E-state index is 12.6. The van der Waals surface area contributed by atoms with Crippen molar-refractivity contribution in [2.45, 2.75) is 70.9 Å². The minimum atomic E-state index is -4.79. The molecule has 0 heterocycles. The number of allylic oxidation sites excluding steroid dienone is 1. The second kappa shape index (κ2) is 11.7. The number of aliphatic imine (C=N–C) groups is 1. The molecule has 0 saturated heterocycles. The molecule has 0 bridgehead atoms. The monoisotopic (exact) mass is 533 g/mol. The van der Waals surface area contributed by atoms with Gasteiger partial charge in [0.15, 0.2) is 0 Å². The third-order valence-electron chi connectivity index (χ3n) is 6.39. The van der Waals surface area contributed by atoms with Gasteiger partial charge in [0, 0.05) is 18.2 Å². The van der Waals surface area contributed by atoms with Gasteiger partial charge < -0.3 is 19.7 Å². The molecule has 2 aromatic carbocycles. The number of ether oxygens (including phenoxy) is 2. The SMILES string of the molecule is C=C/C=N\c1c(C)c(-c2ccc(OC(F)(F)F)cc2)cc(C2CC(CC(=O)OC(C)(C)C)C2)c1C(O)CO. The molecule has 1 saturated carbocycles. The number of nitrogens with zero attached hydrogens (tertiary/aromatic N) is 1. The maximum Gasteiger partial charge on any atom is 0.573 e. The summed E-state index contributed by atoms with van der Waals surface area (Å²) in [6.45, 7) is 10.4. The summed E-state index contributed by atoms with van der Waals surface area (Å²) < 4.78 is 47.3. The van der Waals surface area contributed by atoms with Gasteiger partial charge in [0.2, 0.25) is 0 Å². The average molecular weight is 534 g/mol. The lowest BCUT2D eigenvalue weighted by atomic mass is 9.68. The molecule has 0 spiro atoms. The number of aliphatic hydroxyl groups excluding tert-OH is 2. The molecular formula is C29H34F3NO5. The number of carbonyl (C=O) groups is 1. The predicted octanol–water partition coefficient (Wildman–Crippen LogP) is 6.70. The van der Waals surface area contributed by atoms with Crippen LogP contribution >= 0.6 is 0 Å². The van der Waals surface area contributed by atoms with Gasteiger partial charge >= 0.3 is 12.3 Å². The second-order valence-corrected chi connectivity index (χ2v) is 10.5. The van der Waals surface area contributed by atoms with E-state index in [1.54, 1.807) is 6.92 Å². The molecule has 0 radical (unpaired) electrons. The first-order valence-electron chi connectivity index (χ1n) is 12.4. The summed E-state index contributed by atoms with van der Waals surface area (Å²) in [7, 11) is 0. The number of carbonyl (C=O) groups excluding carboxylic acids is 1. The highest BCUT2D eigenvalue weighted by atomic mass is 19.4. The van der Waals surface area contributed by atoms with E-state index in [1.807, 2.05) is 26.8 Å². The van der Waals surface area contributed by atoms with Crippen LogP contribution in [0.3, 0.4) is 0 Å². The lowest BCUT2D eigenvalue weighted by molar-refractivity contribution is -0.274. The van der Waals surface area contributed by atoms with E-state index < -0.39 is 24.7 Å². The maximum atomic E-state index is 12.6. The van der Waals surface area contributed by atoms with Crippen LogP contribution in [0.1, 0.15) is 68.7 Å². The number of aliphatic hydroxyl groups is 2. The molecule has 1 fully saturated rings. The Balaban J connectivity index is 2.01. The largest absolute Gasteiger partial charge is 0.573 e. The minimum Gasteiger partial charge on any atom is -0.460 e. The summed E-state index contributed by atoms with van der Waals surface area (Å²) in [4.78, 5) is 16.8. The first-order chi connectivity index (χ1) is 17.7. The molecule has 206 valence electrons. The zero-order valence-corrected chi connectivity index (χ0v) is 22.0. The molecule has 2 aromatic rings. The fourth-order valence-electron chi connectivity index (χ4n) is 4.79. The Kier molecular flexibility index (Phi) is 9.05. The topological polar surface area (TPSA) is 88.4 Å². The van der Waals surface area contributed by atoms with Crippen LogP contribution in [0.4, 0.5) is 18.9 Å². The van der Waals surface area contributed by atoms with Crippen molar-refractivity contribution in [3.63, 3.8) is 0 Å². The van der Waals surface area contributed by atoms with Crippen molar-refractivity contribution in [3.05, 3.63) is 59.7 Å². The quantitative estimate of drug-likeness (QED) is 0.277. The zero-order valence-electron chi connectivity index (χ0n) is 22.0. The summed E-state index contributed by atoms with van der Waals surface area (Å²) in [5.41, 5.74) is 3.21. The highest BCUT2D eigenvalue weighted by Gasteiger charge is 2.36. The third-order valence-corrected chi connectivity index (χ3v) is 6.39. The number of rotatable bonds is 9. The van der Waals surface area contributed by atoms with Crippen molar-refractivity contribution in [2.75, 3.05) is 6.61 Å². The van der Waals surface area contributed by atoms with Crippen LogP contribution in [0, 0.1) is 12.8 Å². The lowest BCUT2D eigenvalue weighted by Crippen LogP contribution is -2.30. The number of alkyl halides is 3. The van der Waals surface area contributed by atoms with Crippen LogP contribution < -0.4 is 4.74 Å². The van der Waals surface area contributed by atoms with Crippen molar-refractivity contribution in [2.24, 2.45) is 10.9 Å². The van der Waals surface area contributed by atoms with Crippen molar-refractivity contribution in [1.82, 2.24) is 0 Å². The molecule has 9 heteroatoms. The van der Waals surface area contributed by atoms with E-state index in [4.69, 9.17) is 4.74 Å². The van der Waals surface area contributed by atoms with Crippen LogP contribution in [0.15, 0.2) is 48.0 Å². The first kappa shape index (κ1) is 29.4. The first-order valence-corrected chi connectivity index (χ1v) is 12.4. The number of halogens is 3. The summed E-state index contributed by atoms with van der Waals surface area (Å²) >= 11 is 0. The van der Waals surface area contributed by atoms with Crippen molar-refractivity contribution >= 4 is 17.9 Å². The number of hydrogen-bond acceptors (Lipinski definition) is 6. The Hall–Kier alpha value is -3.17. The number of benzene rings is 2. The van der Waals surface area contributed by atoms with Gasteiger partial charge in [-0.05, 0) is 86.8 Å². The normalized spacial score (nSPS) is 18.7. The van der Waals surface area contributed by atoms with Gasteiger partial charge in [0.25, 0.3) is 0 Å². The number of esters is 1. The fraction of sp³-hybridized carbons (Fsp3) is 0.448. The smallest absolute Gasteiger partial charge is 0.460 e. The van der Waals surface area contributed by atoms with E-state index in [0.29, 0.717) is 35.2 Å². The standard InChI is InChI=1S/C29H34F3NO5/c1-6-11-33-27-17(2)22(19-7-9-21(10-8-19)37-29(30,31)32)15-23(26(27)24(35)16-34)20-12-18(13-20)14-25(36)38-28(3,4)5/h6-11,15,18,20,24,34-35H,1,12-14,16H2,2-5H3/b33-11-. The molecule has 3 rings (SSSR count). The lowest BCUT2D eigenvalue weighted by Gasteiger charge is -2.38. The van der Waals surface area contributed by atoms with E-state index in [9.17, 15) is 28.2 Å². The van der Waals surface area contributed by atoms with Gasteiger partial charge in [-0.3, -0.25) is 9.79 Å². The van der Waals surface area contributed by atoms with E-state index >= 15 is 0 Å². The second-order valence-electron chi connectivity index (χ2n) is 10.5. The Labute approximate surface area is 220 Å². The summed E-state index contributed by atoms with van der Waals surface area (Å²) in [6, 6.07) is 7.44. The summed E-state index contributed by atoms with van der Waals surface area (Å²) in [6.07, 6.45) is -1.38. The predicted molar refractivity (Wildman–Crippen MR) is 140 cm³/mol. The molecule has 6 nitrogen and oxygen atoms in total. The molecule has 1 atom stereocenters. The Morgan fingerprint density at radius 2 is 1.84 bits per heavy atom. The van der Waals surface area contributed by atoms with Gasteiger partial charge in [-0.15, -0.1) is 13.2 Å². The van der Waals surface area contributed by atoms with Gasteiger partial charge in [0.1, 0.15) is 17.5 Å². The Morgan fingerprint density at radius 1 is 1.21 bits per heavy atom. The van der Waals surface area contributed by atoms with Crippen molar-refractivity contribution < 1.29 is 37.7 Å². The Bertz CT molecular complexity index is 1180. The van der Waals surface area contributed by atoms with Gasteiger partial charge in [-0.2, -0.15) is 0 Å². The van der Waals surface area contributed by atoms with Crippen molar-refractivity contribution in [1.29, 1.82) is 0 Å². The summed E-state index contributed by atoms with van der Waals surface area (Å²) in [5.74, 6) is -0.500. The van der Waals surface area contributed by atoms with Crippen LogP contribution in [0.2, 0.25) is 0 Å². The zero-order chi connectivity index (χ0) is 28.3. The van der Waals surface area contributed by atoms with E-state index in [2.05, 4.69) is 16.3 Å². The van der Waals surface area contributed by atoms with Gasteiger partial charge in [-0.25, -0.2) is 0 Å². The Morgan fingerprint density at radius 3 is 2.37 bits per heavy atom. The van der Waals surface area contributed by atoms with Crippen LogP contribution in [-0.2, 0) is 9.53 Å². The third kappa shape index (κ3) is 7.45. The van der Waals surface area contributed by atoms with E-state index in [0.717, 1.165) is 11.1 Å². The molecule has 1 unspecified atom stereocenters. The van der Waals surface area contributed by atoms with E-state index in [-0.39, 0.29) is 30.0 Å². The summed E-state index contributed by atoms with van der Waals surface area (Å²) in [5, 5.41) is 20.6. The molecule has 38 heavy (non-hydrogen) atoms. The molecule has 0 amide bonds. The average Bonchev–Trinajstić information content (AvgIpc) is 2.78. The highest BCUT2D eigenvalue weighted by molar-refractivity contribution is 5.81. The molecule has 2 N–H and O–H groups in total. The number of hydrogen-bond donors (Lipinski definition) is 2. The van der Waals surface area contributed by atoms with Crippen LogP contribution in [0.25, 0.3) is 11.1 Å². The van der Waals surface area contributed by atoms with Gasteiger partial charge in [-0.1, -0.05) is 30.9 Å². The molecule has 0 aromatic heterocycles. The van der Waals surface area contributed by atoms with Gasteiger partial charge in [0.05, 0.1) is 12.3 Å². The fourth-order valence-corrected chi connectivity index (χ4v) is 4.79. The molecule has 1 aliphatic rings. The minimum absolute atomic E-state index is 0.0106. The molecule has 1 aliphatic carbocycles. The van der Waals surface area contributed by atoms with Crippen LogP contribution in [-0.4, -0.2) is 41.0 Å². The van der Waals surface area contributed by atoms with Crippen molar-refractivity contribution in [3.8, 4) is 16.9 Å².